The molecule has 0 aliphatic heterocycles. The summed E-state index contributed by atoms with van der Waals surface area (Å²) in [4.78, 5) is 2.10. The predicted octanol–water partition coefficient (Wildman–Crippen LogP) is 4.29. The summed E-state index contributed by atoms with van der Waals surface area (Å²) in [5.74, 6) is 0.873. The highest BCUT2D eigenvalue weighted by molar-refractivity contribution is 7.98. The summed E-state index contributed by atoms with van der Waals surface area (Å²) in [6.07, 6.45) is 3.11. The van der Waals surface area contributed by atoms with E-state index < -0.39 is 0 Å². The van der Waals surface area contributed by atoms with Crippen LogP contribution in [0.2, 0.25) is 0 Å². The Morgan fingerprint density at radius 2 is 2.00 bits per heavy atom. The van der Waals surface area contributed by atoms with Crippen LogP contribution in [0.1, 0.15) is 39.7 Å². The molecule has 0 aliphatic carbocycles. The van der Waals surface area contributed by atoms with Crippen molar-refractivity contribution >= 4 is 17.4 Å². The van der Waals surface area contributed by atoms with Crippen molar-refractivity contribution in [1.29, 1.82) is 0 Å². The van der Waals surface area contributed by atoms with Gasteiger partial charge in [0.2, 0.25) is 0 Å². The molecule has 0 saturated heterocycles. The topological polar surface area (TPSA) is 15.3 Å². The van der Waals surface area contributed by atoms with E-state index in [0.717, 1.165) is 23.4 Å². The number of para-hydroxylation sites is 1. The Balaban J connectivity index is 3.03. The Hall–Kier alpha value is -0.740. The van der Waals surface area contributed by atoms with Crippen molar-refractivity contribution in [1.82, 2.24) is 5.32 Å². The lowest BCUT2D eigenvalue weighted by Gasteiger charge is -2.32. The SMILES string of the molecule is CCC(CSC)N(C)c1c(F)cccc1CNC(C)(C)C. The molecule has 1 atom stereocenters. The van der Waals surface area contributed by atoms with Gasteiger partial charge in [-0.25, -0.2) is 4.39 Å². The number of benzene rings is 1. The molecule has 0 heterocycles. The quantitative estimate of drug-likeness (QED) is 0.808. The second-order valence-electron chi connectivity index (χ2n) is 6.48. The molecule has 0 spiro atoms. The van der Waals surface area contributed by atoms with Crippen molar-refractivity contribution in [2.24, 2.45) is 0 Å². The minimum absolute atomic E-state index is 0.0194. The zero-order valence-electron chi connectivity index (χ0n) is 14.2. The van der Waals surface area contributed by atoms with E-state index in [2.05, 4.69) is 44.2 Å². The maximum atomic E-state index is 14.4. The summed E-state index contributed by atoms with van der Waals surface area (Å²) in [7, 11) is 2.00. The predicted molar refractivity (Wildman–Crippen MR) is 93.9 cm³/mol. The zero-order valence-corrected chi connectivity index (χ0v) is 15.0. The molecule has 4 heteroatoms. The number of nitrogens with one attached hydrogen (secondary N) is 1. The van der Waals surface area contributed by atoms with Gasteiger partial charge in [0.1, 0.15) is 5.82 Å². The minimum Gasteiger partial charge on any atom is -0.368 e. The van der Waals surface area contributed by atoms with Gasteiger partial charge in [-0.05, 0) is 45.1 Å². The summed E-state index contributed by atoms with van der Waals surface area (Å²) in [6, 6.07) is 5.71. The molecule has 0 bridgehead atoms. The highest BCUT2D eigenvalue weighted by Crippen LogP contribution is 2.27. The fourth-order valence-electron chi connectivity index (χ4n) is 2.34. The highest BCUT2D eigenvalue weighted by atomic mass is 32.2. The van der Waals surface area contributed by atoms with Gasteiger partial charge >= 0.3 is 0 Å². The third-order valence-electron chi connectivity index (χ3n) is 3.61. The van der Waals surface area contributed by atoms with Crippen molar-refractivity contribution < 1.29 is 4.39 Å². The lowest BCUT2D eigenvalue weighted by molar-refractivity contribution is 0.423. The lowest BCUT2D eigenvalue weighted by atomic mass is 10.1. The van der Waals surface area contributed by atoms with Crippen LogP contribution in [-0.2, 0) is 6.54 Å². The second-order valence-corrected chi connectivity index (χ2v) is 7.39. The third kappa shape index (κ3) is 5.51. The summed E-state index contributed by atoms with van der Waals surface area (Å²) in [5, 5.41) is 3.45. The van der Waals surface area contributed by atoms with Crippen molar-refractivity contribution in [2.75, 3.05) is 24.0 Å². The maximum absolute atomic E-state index is 14.4. The number of nitrogens with zero attached hydrogens (tertiary/aromatic N) is 1. The monoisotopic (exact) mass is 312 g/mol. The average molecular weight is 312 g/mol. The van der Waals surface area contributed by atoms with E-state index in [1.165, 1.54) is 0 Å². The van der Waals surface area contributed by atoms with E-state index in [1.807, 2.05) is 13.1 Å². The molecule has 1 aromatic rings. The van der Waals surface area contributed by atoms with Gasteiger partial charge in [0.25, 0.3) is 0 Å². The van der Waals surface area contributed by atoms with Gasteiger partial charge in [-0.15, -0.1) is 0 Å². The second kappa shape index (κ2) is 8.04. The number of halogens is 1. The first-order valence-electron chi connectivity index (χ1n) is 7.54. The first-order valence-corrected chi connectivity index (χ1v) is 8.93. The first kappa shape index (κ1) is 18.3. The largest absolute Gasteiger partial charge is 0.368 e. The van der Waals surface area contributed by atoms with E-state index in [4.69, 9.17) is 0 Å². The third-order valence-corrected chi connectivity index (χ3v) is 4.33. The number of thioether (sulfide) groups is 1. The van der Waals surface area contributed by atoms with E-state index in [1.54, 1.807) is 23.9 Å². The van der Waals surface area contributed by atoms with Crippen LogP contribution >= 0.6 is 11.8 Å². The van der Waals surface area contributed by atoms with Crippen LogP contribution in [0.4, 0.5) is 10.1 Å². The van der Waals surface area contributed by atoms with Crippen molar-refractivity contribution in [2.45, 2.75) is 52.2 Å². The number of anilines is 1. The van der Waals surface area contributed by atoms with Crippen LogP contribution in [0.3, 0.4) is 0 Å². The molecule has 1 unspecified atom stereocenters. The van der Waals surface area contributed by atoms with E-state index >= 15 is 0 Å². The molecule has 1 N–H and O–H groups in total. The average Bonchev–Trinajstić information content (AvgIpc) is 2.41. The summed E-state index contributed by atoms with van der Waals surface area (Å²) >= 11 is 1.81. The lowest BCUT2D eigenvalue weighted by Crippen LogP contribution is -2.37. The highest BCUT2D eigenvalue weighted by Gasteiger charge is 2.20. The Kier molecular flexibility index (Phi) is 7.01. The van der Waals surface area contributed by atoms with Crippen molar-refractivity contribution in [3.63, 3.8) is 0 Å². The Morgan fingerprint density at radius 3 is 2.52 bits per heavy atom. The van der Waals surface area contributed by atoms with Gasteiger partial charge in [0.05, 0.1) is 5.69 Å². The summed E-state index contributed by atoms with van der Waals surface area (Å²) in [5.41, 5.74) is 1.77. The van der Waals surface area contributed by atoms with Crippen LogP contribution in [0.25, 0.3) is 0 Å². The normalized spacial score (nSPS) is 13.3. The van der Waals surface area contributed by atoms with Crippen LogP contribution in [0, 0.1) is 5.82 Å². The number of rotatable bonds is 7. The molecule has 120 valence electrons. The molecule has 0 fully saturated rings. The molecule has 1 aromatic carbocycles. The molecule has 0 saturated carbocycles. The fourth-order valence-corrected chi connectivity index (χ4v) is 3.18. The Labute approximate surface area is 133 Å². The Bertz CT molecular complexity index is 443. The van der Waals surface area contributed by atoms with Crippen LogP contribution in [0.5, 0.6) is 0 Å². The smallest absolute Gasteiger partial charge is 0.146 e. The van der Waals surface area contributed by atoms with Crippen LogP contribution in [-0.4, -0.2) is 30.6 Å². The minimum atomic E-state index is -0.134. The van der Waals surface area contributed by atoms with Gasteiger partial charge in [0.15, 0.2) is 0 Å². The standard InChI is InChI=1S/C17H29FN2S/c1-7-14(12-21-6)20(5)16-13(9-8-10-15(16)18)11-19-17(2,3)4/h8-10,14,19H,7,11-12H2,1-6H3. The van der Waals surface area contributed by atoms with E-state index in [-0.39, 0.29) is 11.4 Å². The van der Waals surface area contributed by atoms with Gasteiger partial charge in [-0.3, -0.25) is 0 Å². The summed E-state index contributed by atoms with van der Waals surface area (Å²) in [6.45, 7) is 9.21. The van der Waals surface area contributed by atoms with Gasteiger partial charge in [-0.2, -0.15) is 11.8 Å². The first-order chi connectivity index (χ1) is 9.80. The molecule has 0 aliphatic rings. The van der Waals surface area contributed by atoms with Gasteiger partial charge in [-0.1, -0.05) is 19.1 Å². The van der Waals surface area contributed by atoms with E-state index in [0.29, 0.717) is 12.6 Å². The Morgan fingerprint density at radius 1 is 1.33 bits per heavy atom. The molecule has 1 rings (SSSR count). The van der Waals surface area contributed by atoms with Gasteiger partial charge in [0, 0.05) is 30.9 Å². The molecule has 21 heavy (non-hydrogen) atoms. The van der Waals surface area contributed by atoms with Crippen molar-refractivity contribution in [3.05, 3.63) is 29.6 Å². The van der Waals surface area contributed by atoms with Crippen LogP contribution < -0.4 is 10.2 Å². The molecular weight excluding hydrogens is 283 g/mol. The van der Waals surface area contributed by atoms with E-state index in [9.17, 15) is 4.39 Å². The van der Waals surface area contributed by atoms with Crippen LogP contribution in [0.15, 0.2) is 18.2 Å². The number of hydrogen-bond donors (Lipinski definition) is 1. The number of hydrogen-bond acceptors (Lipinski definition) is 3. The molecule has 0 aromatic heterocycles. The summed E-state index contributed by atoms with van der Waals surface area (Å²) < 4.78 is 14.4. The maximum Gasteiger partial charge on any atom is 0.146 e. The van der Waals surface area contributed by atoms with Gasteiger partial charge < -0.3 is 10.2 Å². The molecule has 2 nitrogen and oxygen atoms in total. The molecule has 0 amide bonds. The van der Waals surface area contributed by atoms with Crippen molar-refractivity contribution in [3.8, 4) is 0 Å². The molecule has 0 radical (unpaired) electrons. The fraction of sp³-hybridized carbons (Fsp3) is 0.647. The zero-order chi connectivity index (χ0) is 16.0. The molecular formula is C17H29FN2S.